The van der Waals surface area contributed by atoms with Crippen LogP contribution in [0.15, 0.2) is 73.1 Å². The zero-order valence-electron chi connectivity index (χ0n) is 22.3. The number of Topliss-reactive ketones (excluding diaryl/α,β-unsaturated/α-hetero) is 1. The number of halogens is 1. The van der Waals surface area contributed by atoms with Crippen LogP contribution in [0.5, 0.6) is 0 Å². The second kappa shape index (κ2) is 12.1. The molecule has 1 aliphatic rings. The molecule has 0 spiro atoms. The lowest BCUT2D eigenvalue weighted by Gasteiger charge is -2.36. The molecule has 1 aliphatic heterocycles. The number of carboxylic acid groups (broad SMARTS) is 1. The molecule has 1 unspecified atom stereocenters. The summed E-state index contributed by atoms with van der Waals surface area (Å²) in [5.41, 5.74) is 3.39. The summed E-state index contributed by atoms with van der Waals surface area (Å²) in [6, 6.07) is 15.1. The number of carboxylic acids is 1. The topological polar surface area (TPSA) is 145 Å². The Morgan fingerprint density at radius 1 is 1.10 bits per heavy atom. The minimum Gasteiger partial charge on any atom is -0.478 e. The molecular weight excluding hydrogens is 562 g/mol. The van der Waals surface area contributed by atoms with Gasteiger partial charge in [0.1, 0.15) is 12.4 Å². The maximum absolute atomic E-state index is 13.8. The van der Waals surface area contributed by atoms with Crippen LogP contribution in [-0.4, -0.2) is 67.5 Å². The molecule has 0 aliphatic carbocycles. The minimum atomic E-state index is -1.07. The molecule has 0 bridgehead atoms. The van der Waals surface area contributed by atoms with Gasteiger partial charge in [0.2, 0.25) is 5.91 Å². The average molecular weight is 586 g/mol. The number of benzene rings is 3. The van der Waals surface area contributed by atoms with Crippen LogP contribution in [0.25, 0.3) is 11.8 Å². The maximum Gasteiger partial charge on any atom is 0.338 e. The summed E-state index contributed by atoms with van der Waals surface area (Å²) in [6.45, 7) is 0.175. The molecule has 0 radical (unpaired) electrons. The zero-order valence-corrected chi connectivity index (χ0v) is 23.1. The summed E-state index contributed by atoms with van der Waals surface area (Å²) in [5.74, 6) is -2.32. The first-order chi connectivity index (χ1) is 20.3. The van der Waals surface area contributed by atoms with E-state index in [4.69, 9.17) is 16.3 Å². The number of carbonyl (C=O) groups excluding carboxylic acids is 3. The van der Waals surface area contributed by atoms with Gasteiger partial charge < -0.3 is 14.7 Å². The highest BCUT2D eigenvalue weighted by atomic mass is 35.5. The van der Waals surface area contributed by atoms with Gasteiger partial charge in [0, 0.05) is 29.6 Å². The number of methoxy groups -OCH3 is 1. The van der Waals surface area contributed by atoms with Gasteiger partial charge in [-0.15, -0.1) is 5.10 Å². The molecule has 11 nitrogen and oxygen atoms in total. The number of ether oxygens (including phenoxy) is 1. The van der Waals surface area contributed by atoms with Crippen molar-refractivity contribution < 1.29 is 29.0 Å². The third kappa shape index (κ3) is 5.81. The van der Waals surface area contributed by atoms with Crippen molar-refractivity contribution in [2.75, 3.05) is 13.7 Å². The Morgan fingerprint density at radius 2 is 1.88 bits per heavy atom. The van der Waals surface area contributed by atoms with Gasteiger partial charge in [0.05, 0.1) is 23.9 Å². The van der Waals surface area contributed by atoms with Gasteiger partial charge in [-0.2, -0.15) is 4.68 Å². The SMILES string of the molecule is COC(=O)c1cccc2c1CCN(C(=O)/C=C/c1cc(Cl)ccc1-n1cnnn1)C2C(=O)Cc1ccc(C(=O)O)cc1. The number of hydrogen-bond acceptors (Lipinski definition) is 8. The van der Waals surface area contributed by atoms with Crippen molar-refractivity contribution in [1.82, 2.24) is 25.1 Å². The molecule has 212 valence electrons. The Hall–Kier alpha value is -5.16. The average Bonchev–Trinajstić information content (AvgIpc) is 3.53. The number of esters is 1. The standard InChI is InChI=1S/C30H24ClN5O6/c1-42-30(41)24-4-2-3-23-22(24)13-14-35(28(23)26(37)15-18-5-7-19(8-6-18)29(39)40)27(38)12-9-20-16-21(31)10-11-25(20)36-17-32-33-34-36/h2-12,16-17,28H,13-15H2,1H3,(H,39,40)/b12-9+. The lowest BCUT2D eigenvalue weighted by Crippen LogP contribution is -2.43. The number of amides is 1. The monoisotopic (exact) mass is 585 g/mol. The Morgan fingerprint density at radius 3 is 2.57 bits per heavy atom. The fourth-order valence-electron chi connectivity index (χ4n) is 5.01. The quantitative estimate of drug-likeness (QED) is 0.241. The van der Waals surface area contributed by atoms with E-state index in [0.717, 1.165) is 0 Å². The summed E-state index contributed by atoms with van der Waals surface area (Å²) in [5, 5.41) is 20.9. The number of fused-ring (bicyclic) bond motifs is 1. The van der Waals surface area contributed by atoms with E-state index in [1.54, 1.807) is 54.6 Å². The molecule has 1 N–H and O–H groups in total. The largest absolute Gasteiger partial charge is 0.478 e. The summed E-state index contributed by atoms with van der Waals surface area (Å²) in [7, 11) is 1.29. The van der Waals surface area contributed by atoms with E-state index in [9.17, 15) is 24.3 Å². The molecule has 42 heavy (non-hydrogen) atoms. The van der Waals surface area contributed by atoms with Crippen molar-refractivity contribution in [2.24, 2.45) is 0 Å². The number of ketones is 1. The highest BCUT2D eigenvalue weighted by Crippen LogP contribution is 2.34. The van der Waals surface area contributed by atoms with Gasteiger partial charge in [0.15, 0.2) is 5.78 Å². The molecule has 4 aromatic rings. The second-order valence-corrected chi connectivity index (χ2v) is 9.92. The van der Waals surface area contributed by atoms with Gasteiger partial charge in [0.25, 0.3) is 0 Å². The number of hydrogen-bond donors (Lipinski definition) is 1. The van der Waals surface area contributed by atoms with Crippen LogP contribution < -0.4 is 0 Å². The van der Waals surface area contributed by atoms with Crippen LogP contribution in [0, 0.1) is 0 Å². The molecule has 3 aromatic carbocycles. The molecule has 12 heteroatoms. The Labute approximate surface area is 245 Å². The maximum atomic E-state index is 13.8. The summed E-state index contributed by atoms with van der Waals surface area (Å²) in [6.07, 6.45) is 4.64. The van der Waals surface area contributed by atoms with Crippen LogP contribution in [0.2, 0.25) is 5.02 Å². The Balaban J connectivity index is 1.50. The van der Waals surface area contributed by atoms with E-state index in [0.29, 0.717) is 44.9 Å². The number of rotatable bonds is 8. The molecule has 0 saturated carbocycles. The fraction of sp³-hybridized carbons (Fsp3) is 0.167. The van der Waals surface area contributed by atoms with Gasteiger partial charge >= 0.3 is 11.9 Å². The lowest BCUT2D eigenvalue weighted by molar-refractivity contribution is -0.136. The van der Waals surface area contributed by atoms with E-state index < -0.39 is 23.9 Å². The molecule has 1 atom stereocenters. The van der Waals surface area contributed by atoms with Crippen molar-refractivity contribution in [1.29, 1.82) is 0 Å². The number of aromatic nitrogens is 4. The molecular formula is C30H24ClN5O6. The smallest absolute Gasteiger partial charge is 0.338 e. The van der Waals surface area contributed by atoms with Gasteiger partial charge in [-0.25, -0.2) is 9.59 Å². The third-order valence-electron chi connectivity index (χ3n) is 6.98. The molecule has 5 rings (SSSR count). The van der Waals surface area contributed by atoms with E-state index in [2.05, 4.69) is 15.5 Å². The van der Waals surface area contributed by atoms with Crippen LogP contribution in [-0.2, 0) is 27.2 Å². The first-order valence-corrected chi connectivity index (χ1v) is 13.2. The van der Waals surface area contributed by atoms with E-state index in [1.807, 2.05) is 0 Å². The number of nitrogens with zero attached hydrogens (tertiary/aromatic N) is 5. The van der Waals surface area contributed by atoms with Crippen molar-refractivity contribution in [3.05, 3.63) is 111 Å². The summed E-state index contributed by atoms with van der Waals surface area (Å²) < 4.78 is 6.39. The van der Waals surface area contributed by atoms with Crippen molar-refractivity contribution in [3.8, 4) is 5.69 Å². The third-order valence-corrected chi connectivity index (χ3v) is 7.22. The van der Waals surface area contributed by atoms with Crippen LogP contribution in [0.3, 0.4) is 0 Å². The normalized spacial score (nSPS) is 14.4. The van der Waals surface area contributed by atoms with Gasteiger partial charge in [-0.1, -0.05) is 35.9 Å². The van der Waals surface area contributed by atoms with E-state index in [-0.39, 0.29) is 24.3 Å². The number of tetrazole rings is 1. The minimum absolute atomic E-state index is 0.0578. The highest BCUT2D eigenvalue weighted by molar-refractivity contribution is 6.30. The van der Waals surface area contributed by atoms with E-state index >= 15 is 0 Å². The molecule has 0 fully saturated rings. The Kier molecular flexibility index (Phi) is 8.21. The van der Waals surface area contributed by atoms with Crippen LogP contribution in [0.4, 0.5) is 0 Å². The molecule has 2 heterocycles. The molecule has 1 amide bonds. The highest BCUT2D eigenvalue weighted by Gasteiger charge is 2.36. The van der Waals surface area contributed by atoms with Gasteiger partial charge in [-0.05, 0) is 76.0 Å². The molecule has 0 saturated heterocycles. The zero-order chi connectivity index (χ0) is 29.8. The first kappa shape index (κ1) is 28.4. The van der Waals surface area contributed by atoms with Crippen molar-refractivity contribution in [3.63, 3.8) is 0 Å². The Bertz CT molecular complexity index is 1700. The van der Waals surface area contributed by atoms with Crippen molar-refractivity contribution >= 4 is 41.3 Å². The van der Waals surface area contributed by atoms with Crippen LogP contribution >= 0.6 is 11.6 Å². The summed E-state index contributed by atoms with van der Waals surface area (Å²) >= 11 is 6.21. The number of aromatic carboxylic acids is 1. The molecule has 1 aromatic heterocycles. The van der Waals surface area contributed by atoms with E-state index in [1.165, 1.54) is 41.2 Å². The number of carbonyl (C=O) groups is 4. The fourth-order valence-corrected chi connectivity index (χ4v) is 5.19. The van der Waals surface area contributed by atoms with Crippen molar-refractivity contribution in [2.45, 2.75) is 18.9 Å². The lowest BCUT2D eigenvalue weighted by atomic mass is 9.85. The van der Waals surface area contributed by atoms with Gasteiger partial charge in [-0.3, -0.25) is 9.59 Å². The van der Waals surface area contributed by atoms with Crippen LogP contribution in [0.1, 0.15) is 49.0 Å². The predicted molar refractivity (Wildman–Crippen MR) is 151 cm³/mol. The predicted octanol–water partition coefficient (Wildman–Crippen LogP) is 3.75. The first-order valence-electron chi connectivity index (χ1n) is 12.8. The second-order valence-electron chi connectivity index (χ2n) is 9.49. The summed E-state index contributed by atoms with van der Waals surface area (Å²) in [4.78, 5) is 52.7.